The summed E-state index contributed by atoms with van der Waals surface area (Å²) in [5.41, 5.74) is 3.27. The Labute approximate surface area is 182 Å². The second-order valence-electron chi connectivity index (χ2n) is 7.01. The Morgan fingerprint density at radius 1 is 0.774 bits per heavy atom. The number of anilines is 2. The highest BCUT2D eigenvalue weighted by atomic mass is 16.5. The molecular weight excluding hydrogens is 392 g/mol. The standard InChI is InChI=1S/C25H26N2O4/c1-27(25(29)19-31-17-21-11-6-3-7-12-21)23-14-8-13-22(15-23)26-24(28)18-30-16-20-9-4-2-5-10-20/h2-15H,16-19H2,1H3,(H,26,28). The fourth-order valence-electron chi connectivity index (χ4n) is 2.90. The molecule has 0 heterocycles. The predicted molar refractivity (Wildman–Crippen MR) is 121 cm³/mol. The van der Waals surface area contributed by atoms with Crippen molar-refractivity contribution < 1.29 is 19.1 Å². The van der Waals surface area contributed by atoms with Crippen molar-refractivity contribution >= 4 is 23.2 Å². The van der Waals surface area contributed by atoms with Gasteiger partial charge in [-0.15, -0.1) is 0 Å². The van der Waals surface area contributed by atoms with Gasteiger partial charge in [-0.3, -0.25) is 9.59 Å². The Kier molecular flexibility index (Phi) is 8.34. The van der Waals surface area contributed by atoms with Crippen LogP contribution in [0.15, 0.2) is 84.9 Å². The third-order valence-electron chi connectivity index (χ3n) is 4.57. The molecule has 0 aliphatic rings. The zero-order chi connectivity index (χ0) is 21.9. The van der Waals surface area contributed by atoms with Crippen LogP contribution < -0.4 is 10.2 Å². The van der Waals surface area contributed by atoms with E-state index >= 15 is 0 Å². The van der Waals surface area contributed by atoms with Crippen LogP contribution >= 0.6 is 0 Å². The molecule has 0 bridgehead atoms. The second-order valence-corrected chi connectivity index (χ2v) is 7.01. The Morgan fingerprint density at radius 3 is 1.97 bits per heavy atom. The lowest BCUT2D eigenvalue weighted by Crippen LogP contribution is -2.30. The maximum absolute atomic E-state index is 12.4. The van der Waals surface area contributed by atoms with Crippen LogP contribution in [0.5, 0.6) is 0 Å². The van der Waals surface area contributed by atoms with E-state index in [2.05, 4.69) is 5.32 Å². The van der Waals surface area contributed by atoms with Crippen LogP contribution in [0.25, 0.3) is 0 Å². The Balaban J connectivity index is 1.45. The third kappa shape index (κ3) is 7.37. The van der Waals surface area contributed by atoms with Crippen molar-refractivity contribution in [3.63, 3.8) is 0 Å². The van der Waals surface area contributed by atoms with Crippen LogP contribution in [0.2, 0.25) is 0 Å². The number of hydrogen-bond donors (Lipinski definition) is 1. The first-order chi connectivity index (χ1) is 15.1. The molecule has 31 heavy (non-hydrogen) atoms. The SMILES string of the molecule is CN(C(=O)COCc1ccccc1)c1cccc(NC(=O)COCc2ccccc2)c1. The summed E-state index contributed by atoms with van der Waals surface area (Å²) >= 11 is 0. The summed E-state index contributed by atoms with van der Waals surface area (Å²) in [4.78, 5) is 26.1. The predicted octanol–water partition coefficient (Wildman–Crippen LogP) is 4.02. The summed E-state index contributed by atoms with van der Waals surface area (Å²) in [6.07, 6.45) is 0. The Hall–Kier alpha value is -3.48. The molecular formula is C25H26N2O4. The first-order valence-electron chi connectivity index (χ1n) is 10.0. The number of amides is 2. The maximum atomic E-state index is 12.4. The molecule has 0 saturated heterocycles. The number of likely N-dealkylation sites (N-methyl/N-ethyl adjacent to an activating group) is 1. The van der Waals surface area contributed by atoms with Gasteiger partial charge in [-0.1, -0.05) is 66.7 Å². The number of nitrogens with zero attached hydrogens (tertiary/aromatic N) is 1. The molecule has 0 spiro atoms. The molecule has 0 fully saturated rings. The number of carbonyl (C=O) groups excluding carboxylic acids is 2. The molecule has 3 rings (SSSR count). The summed E-state index contributed by atoms with van der Waals surface area (Å²) in [6, 6.07) is 26.4. The lowest BCUT2D eigenvalue weighted by Gasteiger charge is -2.18. The van der Waals surface area contributed by atoms with E-state index in [0.717, 1.165) is 11.1 Å². The lowest BCUT2D eigenvalue weighted by molar-refractivity contribution is -0.123. The molecule has 1 N–H and O–H groups in total. The highest BCUT2D eigenvalue weighted by Gasteiger charge is 2.12. The van der Waals surface area contributed by atoms with E-state index in [-0.39, 0.29) is 25.0 Å². The molecule has 6 nitrogen and oxygen atoms in total. The molecule has 160 valence electrons. The topological polar surface area (TPSA) is 67.9 Å². The van der Waals surface area contributed by atoms with Crippen molar-refractivity contribution in [2.45, 2.75) is 13.2 Å². The van der Waals surface area contributed by atoms with E-state index in [1.54, 1.807) is 31.3 Å². The molecule has 0 unspecified atom stereocenters. The van der Waals surface area contributed by atoms with Gasteiger partial charge in [0.15, 0.2) is 0 Å². The zero-order valence-electron chi connectivity index (χ0n) is 17.5. The largest absolute Gasteiger partial charge is 0.367 e. The summed E-state index contributed by atoms with van der Waals surface area (Å²) in [6.45, 7) is 0.657. The van der Waals surface area contributed by atoms with E-state index in [4.69, 9.17) is 9.47 Å². The Bertz CT molecular complexity index is 977. The summed E-state index contributed by atoms with van der Waals surface area (Å²) in [5.74, 6) is -0.432. The van der Waals surface area contributed by atoms with E-state index in [1.807, 2.05) is 60.7 Å². The average molecular weight is 418 g/mol. The molecule has 3 aromatic carbocycles. The van der Waals surface area contributed by atoms with Gasteiger partial charge in [-0.05, 0) is 29.3 Å². The molecule has 0 atom stereocenters. The molecule has 0 saturated carbocycles. The van der Waals surface area contributed by atoms with Crippen LogP contribution in [-0.2, 0) is 32.3 Å². The van der Waals surface area contributed by atoms with E-state index in [0.29, 0.717) is 24.6 Å². The summed E-state index contributed by atoms with van der Waals surface area (Å²) < 4.78 is 11.0. The van der Waals surface area contributed by atoms with Gasteiger partial charge in [0, 0.05) is 18.4 Å². The molecule has 0 aliphatic carbocycles. The monoisotopic (exact) mass is 418 g/mol. The fraction of sp³-hybridized carbons (Fsp3) is 0.200. The molecule has 2 amide bonds. The number of rotatable bonds is 10. The van der Waals surface area contributed by atoms with Gasteiger partial charge >= 0.3 is 0 Å². The average Bonchev–Trinajstić information content (AvgIpc) is 2.80. The van der Waals surface area contributed by atoms with Gasteiger partial charge in [0.25, 0.3) is 5.91 Å². The maximum Gasteiger partial charge on any atom is 0.252 e. The molecule has 0 radical (unpaired) electrons. The van der Waals surface area contributed by atoms with Gasteiger partial charge in [-0.25, -0.2) is 0 Å². The van der Waals surface area contributed by atoms with Crippen LogP contribution in [-0.4, -0.2) is 32.1 Å². The number of ether oxygens (including phenoxy) is 2. The number of benzene rings is 3. The highest BCUT2D eigenvalue weighted by Crippen LogP contribution is 2.19. The van der Waals surface area contributed by atoms with E-state index < -0.39 is 0 Å². The van der Waals surface area contributed by atoms with Crippen molar-refractivity contribution in [2.24, 2.45) is 0 Å². The number of hydrogen-bond acceptors (Lipinski definition) is 4. The van der Waals surface area contributed by atoms with Crippen molar-refractivity contribution in [1.29, 1.82) is 0 Å². The molecule has 0 aromatic heterocycles. The Morgan fingerprint density at radius 2 is 1.35 bits per heavy atom. The quantitative estimate of drug-likeness (QED) is 0.540. The van der Waals surface area contributed by atoms with E-state index in [1.165, 1.54) is 4.90 Å². The summed E-state index contributed by atoms with van der Waals surface area (Å²) in [7, 11) is 1.68. The lowest BCUT2D eigenvalue weighted by atomic mass is 10.2. The minimum absolute atomic E-state index is 0.0324. The first-order valence-corrected chi connectivity index (χ1v) is 10.0. The van der Waals surface area contributed by atoms with Gasteiger partial charge < -0.3 is 19.7 Å². The fourth-order valence-corrected chi connectivity index (χ4v) is 2.90. The van der Waals surface area contributed by atoms with Gasteiger partial charge in [0.05, 0.1) is 13.2 Å². The number of carbonyl (C=O) groups is 2. The molecule has 6 heteroatoms. The van der Waals surface area contributed by atoms with E-state index in [9.17, 15) is 9.59 Å². The molecule has 3 aromatic rings. The van der Waals surface area contributed by atoms with Crippen LogP contribution in [0, 0.1) is 0 Å². The minimum Gasteiger partial charge on any atom is -0.367 e. The van der Waals surface area contributed by atoms with Crippen molar-refractivity contribution in [2.75, 3.05) is 30.5 Å². The molecule has 0 aliphatic heterocycles. The van der Waals surface area contributed by atoms with Crippen LogP contribution in [0.4, 0.5) is 11.4 Å². The van der Waals surface area contributed by atoms with Crippen molar-refractivity contribution in [3.05, 3.63) is 96.1 Å². The van der Waals surface area contributed by atoms with Gasteiger partial charge in [-0.2, -0.15) is 0 Å². The van der Waals surface area contributed by atoms with Crippen LogP contribution in [0.3, 0.4) is 0 Å². The summed E-state index contributed by atoms with van der Waals surface area (Å²) in [5, 5.41) is 2.79. The highest BCUT2D eigenvalue weighted by molar-refractivity contribution is 5.96. The zero-order valence-corrected chi connectivity index (χ0v) is 17.5. The second kappa shape index (κ2) is 11.6. The van der Waals surface area contributed by atoms with Crippen molar-refractivity contribution in [1.82, 2.24) is 0 Å². The third-order valence-corrected chi connectivity index (χ3v) is 4.57. The smallest absolute Gasteiger partial charge is 0.252 e. The van der Waals surface area contributed by atoms with Crippen LogP contribution in [0.1, 0.15) is 11.1 Å². The van der Waals surface area contributed by atoms with Gasteiger partial charge in [0.2, 0.25) is 5.91 Å². The first kappa shape index (κ1) is 22.2. The van der Waals surface area contributed by atoms with Gasteiger partial charge in [0.1, 0.15) is 13.2 Å². The normalized spacial score (nSPS) is 10.5. The minimum atomic E-state index is -0.256. The van der Waals surface area contributed by atoms with Crippen molar-refractivity contribution in [3.8, 4) is 0 Å². The number of nitrogens with one attached hydrogen (secondary N) is 1.